The smallest absolute Gasteiger partial charge is 0.0717 e. The minimum absolute atomic E-state index is 0.836. The molecule has 0 radical (unpaired) electrons. The summed E-state index contributed by atoms with van der Waals surface area (Å²) in [5, 5.41) is 0.836. The Kier molecular flexibility index (Phi) is 6.45. The third-order valence-electron chi connectivity index (χ3n) is 3.34. The highest BCUT2D eigenvalue weighted by molar-refractivity contribution is 8.45. The van der Waals surface area contributed by atoms with Crippen LogP contribution in [-0.4, -0.2) is 22.5 Å². The zero-order valence-corrected chi connectivity index (χ0v) is 18.6. The molecule has 0 N–H and O–H groups in total. The van der Waals surface area contributed by atoms with Gasteiger partial charge in [-0.2, -0.15) is 0 Å². The molecule has 0 aromatic heterocycles. The Morgan fingerprint density at radius 2 is 1.36 bits per heavy atom. The average molecular weight is 441 g/mol. The minimum Gasteiger partial charge on any atom is -0.116 e. The number of hydrogen-bond acceptors (Lipinski definition) is 8. The molecule has 0 saturated heterocycles. The fraction of sp³-hybridized carbons (Fsp3) is 0.571. The molecule has 120 valence electrons. The van der Waals surface area contributed by atoms with Gasteiger partial charge in [0.25, 0.3) is 0 Å². The predicted octanol–water partition coefficient (Wildman–Crippen LogP) is 7.85. The Balaban J connectivity index is 1.41. The second-order valence-corrected chi connectivity index (χ2v) is 15.2. The molecule has 0 spiro atoms. The largest absolute Gasteiger partial charge is 0.116 e. The summed E-state index contributed by atoms with van der Waals surface area (Å²) in [5.74, 6) is 3.86. The van der Waals surface area contributed by atoms with Crippen LogP contribution < -0.4 is 0 Å². The summed E-state index contributed by atoms with van der Waals surface area (Å²) in [5.41, 5.74) is 0. The topological polar surface area (TPSA) is 0 Å². The summed E-state index contributed by atoms with van der Waals surface area (Å²) in [7, 11) is 0. The van der Waals surface area contributed by atoms with Crippen LogP contribution in [0, 0.1) is 0 Å². The summed E-state index contributed by atoms with van der Waals surface area (Å²) in [4.78, 5) is 0. The summed E-state index contributed by atoms with van der Waals surface area (Å²) in [6.07, 6.45) is 4.09. The normalized spacial score (nSPS) is 28.5. The van der Waals surface area contributed by atoms with E-state index < -0.39 is 0 Å². The lowest BCUT2D eigenvalue weighted by Gasteiger charge is -2.20. The van der Waals surface area contributed by atoms with Gasteiger partial charge in [-0.1, -0.05) is 66.8 Å². The van der Waals surface area contributed by atoms with Gasteiger partial charge in [-0.05, 0) is 6.42 Å². The van der Waals surface area contributed by atoms with Gasteiger partial charge in [-0.3, -0.25) is 0 Å². The van der Waals surface area contributed by atoms with Gasteiger partial charge < -0.3 is 0 Å². The molecule has 0 aromatic rings. The first-order chi connectivity index (χ1) is 10.8. The summed E-state index contributed by atoms with van der Waals surface area (Å²) >= 11 is 16.5. The molecular weight excluding hydrogens is 425 g/mol. The van der Waals surface area contributed by atoms with E-state index in [4.69, 9.17) is 0 Å². The van der Waals surface area contributed by atoms with Gasteiger partial charge in [-0.15, -0.1) is 47.0 Å². The molecule has 0 nitrogen and oxygen atoms in total. The molecule has 4 rings (SSSR count). The second kappa shape index (κ2) is 8.14. The maximum Gasteiger partial charge on any atom is 0.0717 e. The summed E-state index contributed by atoms with van der Waals surface area (Å²) < 4.78 is 9.40. The third-order valence-corrected chi connectivity index (χ3v) is 15.8. The van der Waals surface area contributed by atoms with Crippen LogP contribution in [0.15, 0.2) is 25.4 Å². The fourth-order valence-electron chi connectivity index (χ4n) is 2.25. The van der Waals surface area contributed by atoms with Crippen molar-refractivity contribution in [2.75, 3.05) is 17.3 Å². The SMILES string of the molecule is CCCCC1CSC2=C(SC(=C3SC4=C(SCCS4)S3)S2)S1. The third kappa shape index (κ3) is 3.89. The molecular formula is C14H16S8. The molecule has 0 fully saturated rings. The number of thioether (sulfide) groups is 8. The monoisotopic (exact) mass is 440 g/mol. The van der Waals surface area contributed by atoms with Crippen molar-refractivity contribution in [3.63, 3.8) is 0 Å². The Morgan fingerprint density at radius 3 is 2.00 bits per heavy atom. The van der Waals surface area contributed by atoms with Crippen LogP contribution in [0.1, 0.15) is 26.2 Å². The molecule has 22 heavy (non-hydrogen) atoms. The van der Waals surface area contributed by atoms with Crippen molar-refractivity contribution in [1.29, 1.82) is 0 Å². The van der Waals surface area contributed by atoms with E-state index in [-0.39, 0.29) is 0 Å². The van der Waals surface area contributed by atoms with Crippen molar-refractivity contribution in [2.24, 2.45) is 0 Å². The fourth-order valence-corrected chi connectivity index (χ4v) is 15.0. The van der Waals surface area contributed by atoms with Crippen LogP contribution in [0.2, 0.25) is 0 Å². The quantitative estimate of drug-likeness (QED) is 0.429. The first kappa shape index (κ1) is 17.4. The minimum atomic E-state index is 0.836. The van der Waals surface area contributed by atoms with Gasteiger partial charge in [0.05, 0.1) is 25.4 Å². The second-order valence-electron chi connectivity index (χ2n) is 5.02. The van der Waals surface area contributed by atoms with Crippen molar-refractivity contribution in [3.05, 3.63) is 25.4 Å². The van der Waals surface area contributed by atoms with Gasteiger partial charge in [0, 0.05) is 22.5 Å². The van der Waals surface area contributed by atoms with Crippen molar-refractivity contribution >= 4 is 94.1 Å². The van der Waals surface area contributed by atoms with E-state index >= 15 is 0 Å². The van der Waals surface area contributed by atoms with E-state index in [1.807, 2.05) is 35.3 Å². The molecule has 0 aromatic carbocycles. The molecule has 1 unspecified atom stereocenters. The van der Waals surface area contributed by atoms with Crippen LogP contribution in [-0.2, 0) is 0 Å². The Bertz CT molecular complexity index is 541. The van der Waals surface area contributed by atoms with Crippen molar-refractivity contribution in [2.45, 2.75) is 31.4 Å². The first-order valence-corrected chi connectivity index (χ1v) is 14.4. The lowest BCUT2D eigenvalue weighted by Crippen LogP contribution is -2.09. The molecule has 4 aliphatic heterocycles. The molecule has 4 aliphatic rings. The van der Waals surface area contributed by atoms with Crippen molar-refractivity contribution in [1.82, 2.24) is 0 Å². The zero-order chi connectivity index (χ0) is 14.9. The lowest BCUT2D eigenvalue weighted by molar-refractivity contribution is 0.718. The lowest BCUT2D eigenvalue weighted by atomic mass is 10.2. The van der Waals surface area contributed by atoms with Crippen LogP contribution in [0.4, 0.5) is 0 Å². The van der Waals surface area contributed by atoms with E-state index in [1.54, 1.807) is 25.4 Å². The van der Waals surface area contributed by atoms with E-state index in [9.17, 15) is 0 Å². The Hall–Kier alpha value is 2.02. The highest BCUT2D eigenvalue weighted by Gasteiger charge is 2.34. The molecule has 0 amide bonds. The molecule has 0 aliphatic carbocycles. The van der Waals surface area contributed by atoms with Crippen LogP contribution in [0.5, 0.6) is 0 Å². The van der Waals surface area contributed by atoms with Crippen LogP contribution in [0.3, 0.4) is 0 Å². The highest BCUT2D eigenvalue weighted by atomic mass is 32.3. The number of hydrogen-bond donors (Lipinski definition) is 0. The van der Waals surface area contributed by atoms with Gasteiger partial charge in [-0.25, -0.2) is 0 Å². The van der Waals surface area contributed by atoms with Gasteiger partial charge in [0.1, 0.15) is 0 Å². The van der Waals surface area contributed by atoms with Gasteiger partial charge in [0.2, 0.25) is 0 Å². The van der Waals surface area contributed by atoms with Crippen molar-refractivity contribution < 1.29 is 0 Å². The van der Waals surface area contributed by atoms with Crippen LogP contribution in [0.25, 0.3) is 0 Å². The molecule has 0 saturated carbocycles. The molecule has 4 heterocycles. The zero-order valence-electron chi connectivity index (χ0n) is 12.1. The number of rotatable bonds is 3. The van der Waals surface area contributed by atoms with E-state index in [0.29, 0.717) is 0 Å². The average Bonchev–Trinajstić information content (AvgIpc) is 3.15. The highest BCUT2D eigenvalue weighted by Crippen LogP contribution is 2.68. The first-order valence-electron chi connectivity index (χ1n) is 7.32. The standard InChI is InChI=1S/C14H16S8/c1-2-3-4-8-7-17-11-12(18-8)22-14(21-11)13-19-9-10(20-13)16-6-5-15-9/h8H,2-7H2,1H3. The summed E-state index contributed by atoms with van der Waals surface area (Å²) in [6.45, 7) is 2.30. The van der Waals surface area contributed by atoms with Gasteiger partial charge >= 0.3 is 0 Å². The number of unbranched alkanes of at least 4 members (excludes halogenated alkanes) is 1. The molecule has 0 bridgehead atoms. The predicted molar refractivity (Wildman–Crippen MR) is 120 cm³/mol. The molecule has 8 heteroatoms. The maximum atomic E-state index is 2.30. The maximum absolute atomic E-state index is 2.30. The molecule has 1 atom stereocenters. The van der Waals surface area contributed by atoms with Crippen molar-refractivity contribution in [3.8, 4) is 0 Å². The van der Waals surface area contributed by atoms with Crippen LogP contribution >= 0.6 is 94.1 Å². The Morgan fingerprint density at radius 1 is 0.773 bits per heavy atom. The summed E-state index contributed by atoms with van der Waals surface area (Å²) in [6, 6.07) is 0. The van der Waals surface area contributed by atoms with E-state index in [0.717, 1.165) is 5.25 Å². The Labute approximate surface area is 166 Å². The van der Waals surface area contributed by atoms with E-state index in [2.05, 4.69) is 65.7 Å². The van der Waals surface area contributed by atoms with E-state index in [1.165, 1.54) is 36.5 Å². The van der Waals surface area contributed by atoms with Gasteiger partial charge in [0.15, 0.2) is 0 Å².